The van der Waals surface area contributed by atoms with Gasteiger partial charge in [-0.05, 0) is 25.0 Å². The maximum absolute atomic E-state index is 12.3. The van der Waals surface area contributed by atoms with Gasteiger partial charge >= 0.3 is 0 Å². The van der Waals surface area contributed by atoms with Crippen LogP contribution in [-0.4, -0.2) is 30.3 Å². The van der Waals surface area contributed by atoms with Crippen molar-refractivity contribution in [3.8, 4) is 5.75 Å². The summed E-state index contributed by atoms with van der Waals surface area (Å²) >= 11 is 0. The summed E-state index contributed by atoms with van der Waals surface area (Å²) in [7, 11) is 1.50. The molecule has 1 aromatic rings. The van der Waals surface area contributed by atoms with E-state index in [0.717, 1.165) is 25.7 Å². The minimum atomic E-state index is -0.483. The van der Waals surface area contributed by atoms with Gasteiger partial charge in [0.05, 0.1) is 24.8 Å². The van der Waals surface area contributed by atoms with Gasteiger partial charge in [-0.15, -0.1) is 0 Å². The van der Waals surface area contributed by atoms with Crippen LogP contribution in [0.3, 0.4) is 0 Å². The van der Waals surface area contributed by atoms with E-state index in [2.05, 4.69) is 5.32 Å². The number of hydrogen-bond acceptors (Lipinski definition) is 4. The van der Waals surface area contributed by atoms with Crippen molar-refractivity contribution in [2.45, 2.75) is 31.2 Å². The van der Waals surface area contributed by atoms with Crippen LogP contribution in [0.25, 0.3) is 0 Å². The van der Waals surface area contributed by atoms with E-state index in [0.29, 0.717) is 17.0 Å². The molecule has 0 aliphatic heterocycles. The second kappa shape index (κ2) is 5.48. The highest BCUT2D eigenvalue weighted by molar-refractivity contribution is 5.97. The van der Waals surface area contributed by atoms with Crippen LogP contribution >= 0.6 is 0 Å². The molecule has 1 amide bonds. The summed E-state index contributed by atoms with van der Waals surface area (Å²) in [6.07, 6.45) is 3.68. The van der Waals surface area contributed by atoms with E-state index in [-0.39, 0.29) is 12.5 Å². The van der Waals surface area contributed by atoms with Crippen LogP contribution in [0.2, 0.25) is 0 Å². The lowest BCUT2D eigenvalue weighted by atomic mass is 9.98. The van der Waals surface area contributed by atoms with Crippen molar-refractivity contribution in [2.75, 3.05) is 19.5 Å². The van der Waals surface area contributed by atoms with E-state index in [1.165, 1.54) is 7.11 Å². The van der Waals surface area contributed by atoms with Crippen molar-refractivity contribution >= 4 is 11.6 Å². The molecule has 1 aliphatic rings. The van der Waals surface area contributed by atoms with Crippen LogP contribution < -0.4 is 15.8 Å². The number of anilines is 1. The van der Waals surface area contributed by atoms with Gasteiger partial charge < -0.3 is 20.9 Å². The van der Waals surface area contributed by atoms with Gasteiger partial charge in [-0.25, -0.2) is 0 Å². The number of carbonyl (C=O) groups excluding carboxylic acids is 1. The molecule has 5 heteroatoms. The Morgan fingerprint density at radius 2 is 2.16 bits per heavy atom. The smallest absolute Gasteiger partial charge is 0.255 e. The van der Waals surface area contributed by atoms with Crippen LogP contribution in [0.4, 0.5) is 5.69 Å². The van der Waals surface area contributed by atoms with Gasteiger partial charge in [0.2, 0.25) is 0 Å². The fraction of sp³-hybridized carbons (Fsp3) is 0.500. The normalized spacial score (nSPS) is 17.2. The first-order valence-electron chi connectivity index (χ1n) is 6.47. The SMILES string of the molecule is COc1cc(N)ccc1C(=O)NC1(CO)CCCC1. The first-order valence-corrected chi connectivity index (χ1v) is 6.47. The molecule has 19 heavy (non-hydrogen) atoms. The molecule has 104 valence electrons. The second-order valence-corrected chi connectivity index (χ2v) is 5.06. The lowest BCUT2D eigenvalue weighted by Gasteiger charge is -2.28. The average Bonchev–Trinajstić information content (AvgIpc) is 2.87. The third-order valence-electron chi connectivity index (χ3n) is 3.71. The molecular formula is C14H20N2O3. The van der Waals surface area contributed by atoms with Crippen molar-refractivity contribution in [1.29, 1.82) is 0 Å². The molecule has 1 fully saturated rings. The maximum atomic E-state index is 12.3. The zero-order chi connectivity index (χ0) is 13.9. The fourth-order valence-corrected chi connectivity index (χ4v) is 2.58. The number of rotatable bonds is 4. The molecule has 1 aromatic carbocycles. The largest absolute Gasteiger partial charge is 0.496 e. The molecule has 0 heterocycles. The van der Waals surface area contributed by atoms with Gasteiger partial charge in [-0.2, -0.15) is 0 Å². The summed E-state index contributed by atoms with van der Waals surface area (Å²) in [5.74, 6) is 0.219. The number of aliphatic hydroxyl groups excluding tert-OH is 1. The summed E-state index contributed by atoms with van der Waals surface area (Å²) in [5, 5.41) is 12.5. The Kier molecular flexibility index (Phi) is 3.95. The van der Waals surface area contributed by atoms with Crippen LogP contribution in [0.15, 0.2) is 18.2 Å². The third-order valence-corrected chi connectivity index (χ3v) is 3.71. The van der Waals surface area contributed by atoms with Gasteiger partial charge in [0.25, 0.3) is 5.91 Å². The number of nitrogens with one attached hydrogen (secondary N) is 1. The first kappa shape index (κ1) is 13.7. The minimum Gasteiger partial charge on any atom is -0.496 e. The highest BCUT2D eigenvalue weighted by Crippen LogP contribution is 2.30. The van der Waals surface area contributed by atoms with Crippen molar-refractivity contribution in [3.05, 3.63) is 23.8 Å². The summed E-state index contributed by atoms with van der Waals surface area (Å²) < 4.78 is 5.18. The molecule has 5 nitrogen and oxygen atoms in total. The van der Waals surface area contributed by atoms with E-state index in [1.807, 2.05) is 0 Å². The fourth-order valence-electron chi connectivity index (χ4n) is 2.58. The Labute approximate surface area is 112 Å². The van der Waals surface area contributed by atoms with Gasteiger partial charge in [0, 0.05) is 11.8 Å². The molecule has 4 N–H and O–H groups in total. The number of aliphatic hydroxyl groups is 1. The summed E-state index contributed by atoms with van der Waals surface area (Å²) in [5.41, 5.74) is 6.17. The summed E-state index contributed by atoms with van der Waals surface area (Å²) in [4.78, 5) is 12.3. The molecule has 0 unspecified atom stereocenters. The van der Waals surface area contributed by atoms with Gasteiger partial charge in [0.1, 0.15) is 5.75 Å². The monoisotopic (exact) mass is 264 g/mol. The van der Waals surface area contributed by atoms with E-state index < -0.39 is 5.54 Å². The summed E-state index contributed by atoms with van der Waals surface area (Å²) in [6.45, 7) is -0.0317. The summed E-state index contributed by atoms with van der Waals surface area (Å²) in [6, 6.07) is 4.93. The van der Waals surface area contributed by atoms with Crippen LogP contribution in [0.5, 0.6) is 5.75 Å². The number of hydrogen-bond donors (Lipinski definition) is 3. The molecule has 0 atom stereocenters. The standard InChI is InChI=1S/C14H20N2O3/c1-19-12-8-10(15)4-5-11(12)13(18)16-14(9-17)6-2-3-7-14/h4-5,8,17H,2-3,6-7,9,15H2,1H3,(H,16,18). The molecule has 0 aromatic heterocycles. The van der Waals surface area contributed by atoms with Gasteiger partial charge in [-0.1, -0.05) is 12.8 Å². The van der Waals surface area contributed by atoms with E-state index in [9.17, 15) is 9.90 Å². The van der Waals surface area contributed by atoms with Crippen molar-refractivity contribution in [1.82, 2.24) is 5.32 Å². The second-order valence-electron chi connectivity index (χ2n) is 5.06. The van der Waals surface area contributed by atoms with Crippen LogP contribution in [-0.2, 0) is 0 Å². The molecule has 2 rings (SSSR count). The number of carbonyl (C=O) groups is 1. The number of nitrogens with two attached hydrogens (primary N) is 1. The van der Waals surface area contributed by atoms with Crippen LogP contribution in [0, 0.1) is 0 Å². The maximum Gasteiger partial charge on any atom is 0.255 e. The Bertz CT molecular complexity index is 468. The minimum absolute atomic E-state index is 0.0317. The topological polar surface area (TPSA) is 84.6 Å². The molecule has 1 aliphatic carbocycles. The Balaban J connectivity index is 2.20. The molecule has 1 saturated carbocycles. The van der Waals surface area contributed by atoms with Crippen molar-refractivity contribution in [2.24, 2.45) is 0 Å². The Morgan fingerprint density at radius 3 is 2.74 bits per heavy atom. The van der Waals surface area contributed by atoms with Gasteiger partial charge in [0.15, 0.2) is 0 Å². The van der Waals surface area contributed by atoms with Crippen LogP contribution in [0.1, 0.15) is 36.0 Å². The number of amides is 1. The molecule has 0 radical (unpaired) electrons. The van der Waals surface area contributed by atoms with Gasteiger partial charge in [-0.3, -0.25) is 4.79 Å². The molecule has 0 saturated heterocycles. The lowest BCUT2D eigenvalue weighted by Crippen LogP contribution is -2.49. The number of ether oxygens (including phenoxy) is 1. The quantitative estimate of drug-likeness (QED) is 0.716. The Morgan fingerprint density at radius 1 is 1.47 bits per heavy atom. The average molecular weight is 264 g/mol. The van der Waals surface area contributed by atoms with Crippen molar-refractivity contribution < 1.29 is 14.6 Å². The highest BCUT2D eigenvalue weighted by Gasteiger charge is 2.35. The first-order chi connectivity index (χ1) is 9.10. The molecule has 0 bridgehead atoms. The number of methoxy groups -OCH3 is 1. The molecule has 0 spiro atoms. The third kappa shape index (κ3) is 2.81. The number of benzene rings is 1. The predicted molar refractivity (Wildman–Crippen MR) is 73.2 cm³/mol. The van der Waals surface area contributed by atoms with E-state index >= 15 is 0 Å². The zero-order valence-electron chi connectivity index (χ0n) is 11.1. The lowest BCUT2D eigenvalue weighted by molar-refractivity contribution is 0.0835. The Hall–Kier alpha value is -1.75. The molecular weight excluding hydrogens is 244 g/mol. The zero-order valence-corrected chi connectivity index (χ0v) is 11.1. The predicted octanol–water partition coefficient (Wildman–Crippen LogP) is 1.31. The van der Waals surface area contributed by atoms with E-state index in [1.54, 1.807) is 18.2 Å². The van der Waals surface area contributed by atoms with Crippen molar-refractivity contribution in [3.63, 3.8) is 0 Å². The highest BCUT2D eigenvalue weighted by atomic mass is 16.5. The number of nitrogen functional groups attached to an aromatic ring is 1. The van der Waals surface area contributed by atoms with E-state index in [4.69, 9.17) is 10.5 Å².